The summed E-state index contributed by atoms with van der Waals surface area (Å²) in [5.41, 5.74) is 2.02. The van der Waals surface area contributed by atoms with E-state index in [1.54, 1.807) is 42.6 Å². The third-order valence-electron chi connectivity index (χ3n) is 6.44. The molecular formula is C28H34F2N4O4. The minimum Gasteiger partial charge on any atom is -0.489 e. The molecule has 10 heteroatoms. The maximum absolute atomic E-state index is 12.9. The molecule has 0 radical (unpaired) electrons. The Balaban J connectivity index is 1.33. The van der Waals surface area contributed by atoms with Crippen LogP contribution in [0.25, 0.3) is 0 Å². The fourth-order valence-electron chi connectivity index (χ4n) is 4.00. The van der Waals surface area contributed by atoms with E-state index in [1.165, 1.54) is 6.07 Å². The zero-order chi connectivity index (χ0) is 27.1. The first kappa shape index (κ1) is 27.3. The van der Waals surface area contributed by atoms with E-state index in [9.17, 15) is 18.4 Å². The Bertz CT molecular complexity index is 1140. The first-order valence-corrected chi connectivity index (χ1v) is 13.0. The van der Waals surface area contributed by atoms with Crippen LogP contribution in [0.5, 0.6) is 11.5 Å². The van der Waals surface area contributed by atoms with Crippen LogP contribution >= 0.6 is 0 Å². The number of nitrogens with zero attached hydrogens (tertiary/aromatic N) is 2. The number of carbonyl (C=O) groups is 2. The van der Waals surface area contributed by atoms with Gasteiger partial charge in [-0.1, -0.05) is 13.8 Å². The van der Waals surface area contributed by atoms with Gasteiger partial charge in [0.15, 0.2) is 11.5 Å². The van der Waals surface area contributed by atoms with Crippen molar-refractivity contribution in [2.45, 2.75) is 46.1 Å². The molecule has 1 saturated heterocycles. The number of hydrazone groups is 1. The summed E-state index contributed by atoms with van der Waals surface area (Å²) in [6.07, 6.45) is 5.36. The molecule has 38 heavy (non-hydrogen) atoms. The molecule has 2 aromatic carbocycles. The lowest BCUT2D eigenvalue weighted by atomic mass is 9.98. The van der Waals surface area contributed by atoms with Gasteiger partial charge < -0.3 is 20.1 Å². The Labute approximate surface area is 221 Å². The van der Waals surface area contributed by atoms with Gasteiger partial charge in [0.1, 0.15) is 0 Å². The average Bonchev–Trinajstić information content (AvgIpc) is 3.73. The molecule has 2 fully saturated rings. The molecule has 4 rings (SSSR count). The third-order valence-corrected chi connectivity index (χ3v) is 6.44. The van der Waals surface area contributed by atoms with Crippen LogP contribution in [0.15, 0.2) is 47.6 Å². The van der Waals surface area contributed by atoms with Crippen molar-refractivity contribution in [2.75, 3.05) is 30.3 Å². The second-order valence-corrected chi connectivity index (χ2v) is 10.0. The smallest absolute Gasteiger partial charge is 0.387 e. The van der Waals surface area contributed by atoms with Crippen LogP contribution in [0.3, 0.4) is 0 Å². The van der Waals surface area contributed by atoms with Crippen molar-refractivity contribution in [3.05, 3.63) is 48.0 Å². The van der Waals surface area contributed by atoms with Crippen molar-refractivity contribution in [1.29, 1.82) is 0 Å². The van der Waals surface area contributed by atoms with E-state index in [1.807, 2.05) is 18.9 Å². The highest BCUT2D eigenvalue weighted by molar-refractivity contribution is 5.94. The van der Waals surface area contributed by atoms with Gasteiger partial charge in [0.25, 0.3) is 0 Å². The van der Waals surface area contributed by atoms with E-state index in [0.717, 1.165) is 25.7 Å². The molecular weight excluding hydrogens is 494 g/mol. The maximum Gasteiger partial charge on any atom is 0.387 e. The highest BCUT2D eigenvalue weighted by Gasteiger charge is 2.26. The number of hydrogen-bond donors (Lipinski definition) is 2. The Morgan fingerprint density at radius 3 is 2.42 bits per heavy atom. The molecule has 204 valence electrons. The number of carbonyl (C=O) groups excluding carboxylic acids is 2. The molecule has 1 heterocycles. The number of nitrogens with one attached hydrogen (secondary N) is 2. The predicted octanol–water partition coefficient (Wildman–Crippen LogP) is 5.36. The zero-order valence-electron chi connectivity index (χ0n) is 21.7. The standard InChI is InChI=1S/C28H34F2N4O4/c1-18(2)26(35)32-22-8-10-23(11-9-22)33-27(36)21-4-3-13-34(16-21)31-15-20-7-12-24(38-28(29)30)25(14-20)37-17-19-5-6-19/h7-12,14-15,18-19,21,28H,3-6,13,16-17H2,1-2H3,(H,32,35)(H,33,36)/b31-15+. The first-order chi connectivity index (χ1) is 18.3. The summed E-state index contributed by atoms with van der Waals surface area (Å²) >= 11 is 0. The molecule has 0 bridgehead atoms. The van der Waals surface area contributed by atoms with Crippen LogP contribution in [0.2, 0.25) is 0 Å². The van der Waals surface area contributed by atoms with Gasteiger partial charge in [-0.15, -0.1) is 0 Å². The Kier molecular flexibility index (Phi) is 9.15. The van der Waals surface area contributed by atoms with Crippen LogP contribution in [0.4, 0.5) is 20.2 Å². The molecule has 1 unspecified atom stereocenters. The molecule has 2 aromatic rings. The molecule has 8 nitrogen and oxygen atoms in total. The van der Waals surface area contributed by atoms with Crippen molar-refractivity contribution in [3.63, 3.8) is 0 Å². The summed E-state index contributed by atoms with van der Waals surface area (Å²) in [6.45, 7) is 2.36. The topological polar surface area (TPSA) is 92.3 Å². The van der Waals surface area contributed by atoms with Gasteiger partial charge in [-0.2, -0.15) is 13.9 Å². The molecule has 0 aromatic heterocycles. The van der Waals surface area contributed by atoms with E-state index < -0.39 is 6.61 Å². The monoisotopic (exact) mass is 528 g/mol. The SMILES string of the molecule is CC(C)C(=O)Nc1ccc(NC(=O)C2CCCN(/N=C/c3ccc(OC(F)F)c(OCC4CC4)c3)C2)cc1. The number of rotatable bonds is 11. The fourth-order valence-corrected chi connectivity index (χ4v) is 4.00. The van der Waals surface area contributed by atoms with E-state index >= 15 is 0 Å². The summed E-state index contributed by atoms with van der Waals surface area (Å²) in [5, 5.41) is 12.1. The minimum atomic E-state index is -2.93. The lowest BCUT2D eigenvalue weighted by molar-refractivity contribution is -0.121. The number of piperidine rings is 1. The number of alkyl halides is 2. The lowest BCUT2D eigenvalue weighted by Gasteiger charge is -2.29. The highest BCUT2D eigenvalue weighted by atomic mass is 19.3. The Morgan fingerprint density at radius 1 is 1.05 bits per heavy atom. The van der Waals surface area contributed by atoms with E-state index in [0.29, 0.717) is 42.6 Å². The molecule has 1 atom stereocenters. The average molecular weight is 529 g/mol. The largest absolute Gasteiger partial charge is 0.489 e. The number of benzene rings is 2. The molecule has 1 saturated carbocycles. The normalized spacial score (nSPS) is 17.6. The van der Waals surface area contributed by atoms with Crippen molar-refractivity contribution in [1.82, 2.24) is 5.01 Å². The second kappa shape index (κ2) is 12.7. The summed E-state index contributed by atoms with van der Waals surface area (Å²) in [6, 6.07) is 11.8. The van der Waals surface area contributed by atoms with E-state index in [-0.39, 0.29) is 35.1 Å². The molecule has 0 spiro atoms. The number of hydrogen-bond acceptors (Lipinski definition) is 6. The van der Waals surface area contributed by atoms with Crippen molar-refractivity contribution < 1.29 is 27.8 Å². The molecule has 2 N–H and O–H groups in total. The van der Waals surface area contributed by atoms with E-state index in [4.69, 9.17) is 4.74 Å². The first-order valence-electron chi connectivity index (χ1n) is 13.0. The van der Waals surface area contributed by atoms with Gasteiger partial charge in [0.2, 0.25) is 11.8 Å². The van der Waals surface area contributed by atoms with Gasteiger partial charge >= 0.3 is 6.61 Å². The zero-order valence-corrected chi connectivity index (χ0v) is 21.7. The molecule has 2 amide bonds. The van der Waals surface area contributed by atoms with Crippen LogP contribution in [-0.2, 0) is 9.59 Å². The van der Waals surface area contributed by atoms with Gasteiger partial charge in [-0.3, -0.25) is 14.6 Å². The predicted molar refractivity (Wildman–Crippen MR) is 142 cm³/mol. The summed E-state index contributed by atoms with van der Waals surface area (Å²) in [7, 11) is 0. The summed E-state index contributed by atoms with van der Waals surface area (Å²) in [4.78, 5) is 24.7. The maximum atomic E-state index is 12.9. The Morgan fingerprint density at radius 2 is 1.76 bits per heavy atom. The summed E-state index contributed by atoms with van der Waals surface area (Å²) in [5.74, 6) is 0.229. The minimum absolute atomic E-state index is 0.00263. The lowest BCUT2D eigenvalue weighted by Crippen LogP contribution is -2.38. The van der Waals surface area contributed by atoms with Crippen LogP contribution < -0.4 is 20.1 Å². The number of ether oxygens (including phenoxy) is 2. The van der Waals surface area contributed by atoms with E-state index in [2.05, 4.69) is 20.5 Å². The fraction of sp³-hybridized carbons (Fsp3) is 0.464. The van der Waals surface area contributed by atoms with Gasteiger partial charge in [0.05, 0.1) is 18.7 Å². The van der Waals surface area contributed by atoms with Crippen LogP contribution in [-0.4, -0.2) is 49.3 Å². The molecule has 1 aliphatic carbocycles. The number of amides is 2. The quantitative estimate of drug-likeness (QED) is 0.384. The van der Waals surface area contributed by atoms with Gasteiger partial charge in [0, 0.05) is 30.4 Å². The van der Waals surface area contributed by atoms with Crippen molar-refractivity contribution >= 4 is 29.4 Å². The number of anilines is 2. The van der Waals surface area contributed by atoms with Crippen molar-refractivity contribution in [3.8, 4) is 11.5 Å². The van der Waals surface area contributed by atoms with Crippen LogP contribution in [0.1, 0.15) is 45.1 Å². The molecule has 1 aliphatic heterocycles. The van der Waals surface area contributed by atoms with Gasteiger partial charge in [-0.05, 0) is 79.6 Å². The number of halogens is 2. The van der Waals surface area contributed by atoms with Gasteiger partial charge in [-0.25, -0.2) is 0 Å². The summed E-state index contributed by atoms with van der Waals surface area (Å²) < 4.78 is 35.9. The Hall–Kier alpha value is -3.69. The highest BCUT2D eigenvalue weighted by Crippen LogP contribution is 2.34. The molecule has 2 aliphatic rings. The third kappa shape index (κ3) is 8.16. The van der Waals surface area contributed by atoms with Crippen LogP contribution in [0, 0.1) is 17.8 Å². The van der Waals surface area contributed by atoms with Crippen molar-refractivity contribution in [2.24, 2.45) is 22.9 Å². The second-order valence-electron chi connectivity index (χ2n) is 10.0.